The average Bonchev–Trinajstić information content (AvgIpc) is 2.50. The van der Waals surface area contributed by atoms with Gasteiger partial charge in [-0.05, 0) is 43.0 Å². The van der Waals surface area contributed by atoms with E-state index in [1.165, 1.54) is 18.6 Å². The van der Waals surface area contributed by atoms with Crippen molar-refractivity contribution in [2.45, 2.75) is 25.2 Å². The van der Waals surface area contributed by atoms with Crippen molar-refractivity contribution < 1.29 is 8.78 Å². The average molecular weight is 211 g/mol. The van der Waals surface area contributed by atoms with Crippen molar-refractivity contribution in [3.8, 4) is 0 Å². The molecule has 0 amide bonds. The fourth-order valence-electron chi connectivity index (χ4n) is 2.07. The third kappa shape index (κ3) is 2.53. The molecule has 0 aromatic heterocycles. The quantitative estimate of drug-likeness (QED) is 0.753. The number of halogens is 2. The van der Waals surface area contributed by atoms with Crippen molar-refractivity contribution in [1.82, 2.24) is 5.32 Å². The Balaban J connectivity index is 2.16. The van der Waals surface area contributed by atoms with Crippen LogP contribution in [0.15, 0.2) is 18.2 Å². The van der Waals surface area contributed by atoms with E-state index < -0.39 is 11.6 Å². The van der Waals surface area contributed by atoms with Crippen LogP contribution < -0.4 is 5.32 Å². The highest BCUT2D eigenvalue weighted by molar-refractivity contribution is 5.22. The lowest BCUT2D eigenvalue weighted by molar-refractivity contribution is 0.503. The lowest BCUT2D eigenvalue weighted by Gasteiger charge is -2.14. The van der Waals surface area contributed by atoms with Gasteiger partial charge >= 0.3 is 0 Å². The highest BCUT2D eigenvalue weighted by Gasteiger charge is 2.15. The molecule has 3 heteroatoms. The SMILES string of the molecule is Fc1ccc(C2CCCCNC2)cc1F. The van der Waals surface area contributed by atoms with Gasteiger partial charge in [0.25, 0.3) is 0 Å². The van der Waals surface area contributed by atoms with E-state index in [2.05, 4.69) is 5.32 Å². The molecule has 0 radical (unpaired) electrons. The Kier molecular flexibility index (Phi) is 3.31. The van der Waals surface area contributed by atoms with Crippen LogP contribution in [0, 0.1) is 11.6 Å². The van der Waals surface area contributed by atoms with Crippen LogP contribution in [-0.2, 0) is 0 Å². The Hall–Kier alpha value is -0.960. The molecule has 1 aliphatic rings. The number of hydrogen-bond acceptors (Lipinski definition) is 1. The van der Waals surface area contributed by atoms with Crippen molar-refractivity contribution in [3.63, 3.8) is 0 Å². The molecule has 1 atom stereocenters. The first kappa shape index (κ1) is 10.6. The van der Waals surface area contributed by atoms with Gasteiger partial charge in [0, 0.05) is 6.54 Å². The highest BCUT2D eigenvalue weighted by atomic mass is 19.2. The smallest absolute Gasteiger partial charge is 0.159 e. The van der Waals surface area contributed by atoms with E-state index in [4.69, 9.17) is 0 Å². The van der Waals surface area contributed by atoms with Gasteiger partial charge < -0.3 is 5.32 Å². The van der Waals surface area contributed by atoms with Gasteiger partial charge in [0.1, 0.15) is 0 Å². The van der Waals surface area contributed by atoms with E-state index in [0.29, 0.717) is 5.92 Å². The minimum atomic E-state index is -0.764. The summed E-state index contributed by atoms with van der Waals surface area (Å²) in [6.45, 7) is 1.89. The zero-order chi connectivity index (χ0) is 10.7. The topological polar surface area (TPSA) is 12.0 Å². The van der Waals surface area contributed by atoms with Crippen molar-refractivity contribution >= 4 is 0 Å². The van der Waals surface area contributed by atoms with Gasteiger partial charge in [-0.25, -0.2) is 8.78 Å². The molecule has 1 nitrogen and oxygen atoms in total. The summed E-state index contributed by atoms with van der Waals surface area (Å²) in [6, 6.07) is 4.23. The number of rotatable bonds is 1. The Morgan fingerprint density at radius 2 is 2.00 bits per heavy atom. The van der Waals surface area contributed by atoms with E-state index in [9.17, 15) is 8.78 Å². The standard InChI is InChI=1S/C12H15F2N/c13-11-5-4-9(7-12(11)14)10-3-1-2-6-15-8-10/h4-5,7,10,15H,1-3,6,8H2. The first-order chi connectivity index (χ1) is 7.27. The highest BCUT2D eigenvalue weighted by Crippen LogP contribution is 2.24. The number of benzene rings is 1. The molecule has 1 unspecified atom stereocenters. The van der Waals surface area contributed by atoms with Gasteiger partial charge in [-0.2, -0.15) is 0 Å². The summed E-state index contributed by atoms with van der Waals surface area (Å²) in [5, 5.41) is 3.31. The third-order valence-electron chi connectivity index (χ3n) is 2.96. The summed E-state index contributed by atoms with van der Waals surface area (Å²) >= 11 is 0. The van der Waals surface area contributed by atoms with E-state index in [1.54, 1.807) is 6.07 Å². The van der Waals surface area contributed by atoms with E-state index in [1.807, 2.05) is 0 Å². The molecule has 0 spiro atoms. The summed E-state index contributed by atoms with van der Waals surface area (Å²) in [5.74, 6) is -1.18. The molecule has 82 valence electrons. The van der Waals surface area contributed by atoms with E-state index in [0.717, 1.165) is 31.5 Å². The predicted molar refractivity (Wildman–Crippen MR) is 55.8 cm³/mol. The fourth-order valence-corrected chi connectivity index (χ4v) is 2.07. The van der Waals surface area contributed by atoms with E-state index >= 15 is 0 Å². The largest absolute Gasteiger partial charge is 0.316 e. The predicted octanol–water partition coefficient (Wildman–Crippen LogP) is 2.82. The van der Waals surface area contributed by atoms with Crippen LogP contribution in [0.5, 0.6) is 0 Å². The summed E-state index contributed by atoms with van der Waals surface area (Å²) in [5.41, 5.74) is 0.906. The Labute approximate surface area is 88.5 Å². The maximum absolute atomic E-state index is 13.0. The minimum absolute atomic E-state index is 0.322. The maximum atomic E-state index is 13.0. The first-order valence-electron chi connectivity index (χ1n) is 5.43. The van der Waals surface area contributed by atoms with Gasteiger partial charge in [-0.1, -0.05) is 12.5 Å². The van der Waals surface area contributed by atoms with Crippen LogP contribution in [0.3, 0.4) is 0 Å². The van der Waals surface area contributed by atoms with Crippen molar-refractivity contribution in [1.29, 1.82) is 0 Å². The van der Waals surface area contributed by atoms with Crippen LogP contribution in [-0.4, -0.2) is 13.1 Å². The minimum Gasteiger partial charge on any atom is -0.316 e. The molecule has 1 aromatic carbocycles. The van der Waals surface area contributed by atoms with Crippen LogP contribution in [0.1, 0.15) is 30.7 Å². The van der Waals surface area contributed by atoms with Gasteiger partial charge in [-0.15, -0.1) is 0 Å². The number of hydrogen-bond donors (Lipinski definition) is 1. The molecule has 2 rings (SSSR count). The molecule has 0 bridgehead atoms. The van der Waals surface area contributed by atoms with Crippen molar-refractivity contribution in [3.05, 3.63) is 35.4 Å². The van der Waals surface area contributed by atoms with Crippen LogP contribution >= 0.6 is 0 Å². The zero-order valence-electron chi connectivity index (χ0n) is 8.60. The molecule has 0 aliphatic carbocycles. The van der Waals surface area contributed by atoms with Crippen LogP contribution in [0.4, 0.5) is 8.78 Å². The molecule has 1 aromatic rings. The van der Waals surface area contributed by atoms with Gasteiger partial charge in [0.05, 0.1) is 0 Å². The van der Waals surface area contributed by atoms with E-state index in [-0.39, 0.29) is 0 Å². The molecule has 1 aliphatic heterocycles. The molecule has 1 N–H and O–H groups in total. The fraction of sp³-hybridized carbons (Fsp3) is 0.500. The van der Waals surface area contributed by atoms with Crippen LogP contribution in [0.2, 0.25) is 0 Å². The molecule has 1 fully saturated rings. The lowest BCUT2D eigenvalue weighted by atomic mass is 9.94. The molecule has 0 saturated carbocycles. The van der Waals surface area contributed by atoms with Crippen molar-refractivity contribution in [2.24, 2.45) is 0 Å². The normalized spacial score (nSPS) is 22.4. The molecule has 1 saturated heterocycles. The lowest BCUT2D eigenvalue weighted by Crippen LogP contribution is -2.19. The second-order valence-electron chi connectivity index (χ2n) is 4.07. The summed E-state index contributed by atoms with van der Waals surface area (Å²) in [7, 11) is 0. The van der Waals surface area contributed by atoms with Gasteiger partial charge in [-0.3, -0.25) is 0 Å². The Morgan fingerprint density at radius 1 is 1.13 bits per heavy atom. The molecular formula is C12H15F2N. The molecule has 1 heterocycles. The zero-order valence-corrected chi connectivity index (χ0v) is 8.60. The molecular weight excluding hydrogens is 196 g/mol. The van der Waals surface area contributed by atoms with Crippen molar-refractivity contribution in [2.75, 3.05) is 13.1 Å². The monoisotopic (exact) mass is 211 g/mol. The Morgan fingerprint density at radius 3 is 2.80 bits per heavy atom. The summed E-state index contributed by atoms with van der Waals surface area (Å²) in [4.78, 5) is 0. The number of nitrogens with one attached hydrogen (secondary N) is 1. The maximum Gasteiger partial charge on any atom is 0.159 e. The molecule has 15 heavy (non-hydrogen) atoms. The summed E-state index contributed by atoms with van der Waals surface area (Å²) in [6.07, 6.45) is 3.37. The summed E-state index contributed by atoms with van der Waals surface area (Å²) < 4.78 is 25.8. The first-order valence-corrected chi connectivity index (χ1v) is 5.43. The second-order valence-corrected chi connectivity index (χ2v) is 4.07. The second kappa shape index (κ2) is 4.71. The van der Waals surface area contributed by atoms with Gasteiger partial charge in [0.2, 0.25) is 0 Å². The van der Waals surface area contributed by atoms with Crippen LogP contribution in [0.25, 0.3) is 0 Å². The Bertz CT molecular complexity index is 330. The van der Waals surface area contributed by atoms with Gasteiger partial charge in [0.15, 0.2) is 11.6 Å². The third-order valence-corrected chi connectivity index (χ3v) is 2.96.